The van der Waals surface area contributed by atoms with Crippen molar-refractivity contribution in [1.82, 2.24) is 4.90 Å². The molecule has 1 heterocycles. The number of piperidine rings is 1. The molecule has 1 aromatic carbocycles. The predicted molar refractivity (Wildman–Crippen MR) is 116 cm³/mol. The number of fused-ring (bicyclic) bond motifs is 1. The zero-order valence-corrected chi connectivity index (χ0v) is 18.8. The molecule has 6 heteroatoms. The number of methoxy groups -OCH3 is 2. The van der Waals surface area contributed by atoms with E-state index < -0.39 is 29.3 Å². The highest BCUT2D eigenvalue weighted by Crippen LogP contribution is 2.49. The van der Waals surface area contributed by atoms with Gasteiger partial charge >= 0.3 is 0 Å². The zero-order chi connectivity index (χ0) is 22.1. The molecule has 3 N–H and O–H groups in total. The van der Waals surface area contributed by atoms with Gasteiger partial charge in [-0.25, -0.2) is 0 Å². The lowest BCUT2D eigenvalue weighted by Gasteiger charge is -2.61. The van der Waals surface area contributed by atoms with Crippen LogP contribution in [-0.4, -0.2) is 70.4 Å². The monoisotopic (exact) mass is 419 g/mol. The Bertz CT molecular complexity index is 742. The van der Waals surface area contributed by atoms with E-state index in [1.165, 1.54) is 5.57 Å². The van der Waals surface area contributed by atoms with Crippen LogP contribution in [0.5, 0.6) is 5.75 Å². The van der Waals surface area contributed by atoms with Crippen LogP contribution in [-0.2, 0) is 11.3 Å². The van der Waals surface area contributed by atoms with E-state index in [1.54, 1.807) is 21.1 Å². The molecule has 2 fully saturated rings. The summed E-state index contributed by atoms with van der Waals surface area (Å²) in [4.78, 5) is 2.18. The molecule has 0 amide bonds. The van der Waals surface area contributed by atoms with Crippen molar-refractivity contribution in [2.24, 2.45) is 5.92 Å². The molecule has 0 unspecified atom stereocenters. The minimum atomic E-state index is -1.24. The first kappa shape index (κ1) is 23.2. The molecule has 1 saturated heterocycles. The van der Waals surface area contributed by atoms with E-state index in [-0.39, 0.29) is 6.04 Å². The van der Waals surface area contributed by atoms with Crippen LogP contribution in [0.1, 0.15) is 45.6 Å². The summed E-state index contributed by atoms with van der Waals surface area (Å²) in [7, 11) is 3.19. The highest BCUT2D eigenvalue weighted by molar-refractivity contribution is 5.28. The number of hydrogen-bond donors (Lipinski definition) is 3. The Morgan fingerprint density at radius 3 is 2.43 bits per heavy atom. The van der Waals surface area contributed by atoms with Crippen LogP contribution >= 0.6 is 0 Å². The molecule has 168 valence electrons. The standard InChI is InChI=1S/C24H37NO5/c1-16(2)6-11-20-23(3,27)22-21(30-5)19(26)12-13-24(22,28)15-25(20)14-17-7-9-18(29-4)10-8-17/h6-10,19-22,26-28H,11-15H2,1-5H3/t19-,20+,21-,22-,23+,24+/m1/s1. The smallest absolute Gasteiger partial charge is 0.118 e. The van der Waals surface area contributed by atoms with Gasteiger partial charge in [0.1, 0.15) is 5.75 Å². The van der Waals surface area contributed by atoms with Gasteiger partial charge in [0.15, 0.2) is 0 Å². The average molecular weight is 420 g/mol. The third-order valence-electron chi connectivity index (χ3n) is 6.95. The van der Waals surface area contributed by atoms with Crippen molar-refractivity contribution in [3.8, 4) is 5.75 Å². The van der Waals surface area contributed by atoms with Gasteiger partial charge in [-0.3, -0.25) is 4.90 Å². The summed E-state index contributed by atoms with van der Waals surface area (Å²) in [5.74, 6) is 0.231. The van der Waals surface area contributed by atoms with E-state index in [2.05, 4.69) is 11.0 Å². The fourth-order valence-corrected chi connectivity index (χ4v) is 5.50. The first-order valence-electron chi connectivity index (χ1n) is 10.8. The Labute approximate surface area is 180 Å². The number of β-amino-alcohol motifs (C(OH)–C–C–N with tert-alkyl or cyclic N) is 1. The summed E-state index contributed by atoms with van der Waals surface area (Å²) in [6, 6.07) is 7.67. The fourth-order valence-electron chi connectivity index (χ4n) is 5.50. The number of benzene rings is 1. The third kappa shape index (κ3) is 4.43. The molecule has 30 heavy (non-hydrogen) atoms. The highest BCUT2D eigenvalue weighted by Gasteiger charge is 2.62. The van der Waals surface area contributed by atoms with Crippen LogP contribution in [0.3, 0.4) is 0 Å². The van der Waals surface area contributed by atoms with Gasteiger partial charge in [-0.05, 0) is 57.7 Å². The van der Waals surface area contributed by atoms with Gasteiger partial charge in [-0.15, -0.1) is 0 Å². The van der Waals surface area contributed by atoms with E-state index in [1.807, 2.05) is 38.1 Å². The molecule has 1 aromatic rings. The molecular weight excluding hydrogens is 382 g/mol. The Hall–Kier alpha value is -1.44. The summed E-state index contributed by atoms with van der Waals surface area (Å²) in [6.45, 7) is 6.91. The SMILES string of the molecule is COc1ccc(CN2C[C@@]3(O)CC[C@@H](O)[C@@H](OC)[C@@H]3[C@@](C)(O)[C@@H]2CC=C(C)C)cc1. The van der Waals surface area contributed by atoms with Crippen molar-refractivity contribution in [3.05, 3.63) is 41.5 Å². The molecule has 1 aliphatic carbocycles. The second-order valence-corrected chi connectivity index (χ2v) is 9.40. The van der Waals surface area contributed by atoms with Gasteiger partial charge in [-0.1, -0.05) is 23.8 Å². The van der Waals surface area contributed by atoms with E-state index in [9.17, 15) is 15.3 Å². The second kappa shape index (κ2) is 8.97. The Balaban J connectivity index is 1.97. The molecular formula is C24H37NO5. The normalized spacial score (nSPS) is 36.8. The quantitative estimate of drug-likeness (QED) is 0.615. The van der Waals surface area contributed by atoms with Crippen LogP contribution in [0.4, 0.5) is 0 Å². The number of rotatable bonds is 6. The summed E-state index contributed by atoms with van der Waals surface area (Å²) in [6.07, 6.45) is 2.39. The van der Waals surface area contributed by atoms with E-state index in [0.29, 0.717) is 32.4 Å². The largest absolute Gasteiger partial charge is 0.497 e. The maximum absolute atomic E-state index is 11.8. The maximum Gasteiger partial charge on any atom is 0.118 e. The number of hydrogen-bond acceptors (Lipinski definition) is 6. The van der Waals surface area contributed by atoms with Crippen LogP contribution in [0.15, 0.2) is 35.9 Å². The molecule has 6 atom stereocenters. The maximum atomic E-state index is 11.8. The van der Waals surface area contributed by atoms with Crippen molar-refractivity contribution in [1.29, 1.82) is 0 Å². The molecule has 2 aliphatic rings. The highest BCUT2D eigenvalue weighted by atomic mass is 16.5. The molecule has 1 saturated carbocycles. The first-order valence-corrected chi connectivity index (χ1v) is 10.8. The first-order chi connectivity index (χ1) is 14.1. The number of nitrogens with zero attached hydrogens (tertiary/aromatic N) is 1. The fraction of sp³-hybridized carbons (Fsp3) is 0.667. The molecule has 3 rings (SSSR count). The van der Waals surface area contributed by atoms with Gasteiger partial charge in [0.2, 0.25) is 0 Å². The molecule has 1 aliphatic heterocycles. The van der Waals surface area contributed by atoms with Crippen LogP contribution in [0.25, 0.3) is 0 Å². The Kier molecular flexibility index (Phi) is 6.94. The van der Waals surface area contributed by atoms with Crippen molar-refractivity contribution in [3.63, 3.8) is 0 Å². The second-order valence-electron chi connectivity index (χ2n) is 9.40. The number of likely N-dealkylation sites (tertiary alicyclic amines) is 1. The summed E-state index contributed by atoms with van der Waals surface area (Å²) in [5.41, 5.74) is -0.0943. The number of aliphatic hydroxyl groups is 3. The molecule has 0 spiro atoms. The predicted octanol–water partition coefficient (Wildman–Crippen LogP) is 2.50. The number of ether oxygens (including phenoxy) is 2. The van der Waals surface area contributed by atoms with E-state index in [4.69, 9.17) is 9.47 Å². The van der Waals surface area contributed by atoms with Gasteiger partial charge in [0.25, 0.3) is 0 Å². The van der Waals surface area contributed by atoms with Gasteiger partial charge in [-0.2, -0.15) is 0 Å². The minimum absolute atomic E-state index is 0.220. The lowest BCUT2D eigenvalue weighted by atomic mass is 9.59. The summed E-state index contributed by atoms with van der Waals surface area (Å²) < 4.78 is 10.9. The van der Waals surface area contributed by atoms with Gasteiger partial charge in [0, 0.05) is 32.2 Å². The van der Waals surface area contributed by atoms with Crippen molar-refractivity contribution >= 4 is 0 Å². The van der Waals surface area contributed by atoms with Crippen molar-refractivity contribution < 1.29 is 24.8 Å². The molecule has 0 aromatic heterocycles. The van der Waals surface area contributed by atoms with Crippen LogP contribution in [0.2, 0.25) is 0 Å². The Morgan fingerprint density at radius 2 is 1.87 bits per heavy atom. The molecule has 6 nitrogen and oxygen atoms in total. The summed E-state index contributed by atoms with van der Waals surface area (Å²) >= 11 is 0. The van der Waals surface area contributed by atoms with Gasteiger partial charge in [0.05, 0.1) is 30.5 Å². The van der Waals surface area contributed by atoms with Crippen molar-refractivity contribution in [2.45, 2.75) is 76.0 Å². The van der Waals surface area contributed by atoms with Crippen molar-refractivity contribution in [2.75, 3.05) is 20.8 Å². The molecule has 0 bridgehead atoms. The van der Waals surface area contributed by atoms with E-state index >= 15 is 0 Å². The minimum Gasteiger partial charge on any atom is -0.497 e. The number of allylic oxidation sites excluding steroid dienone is 1. The zero-order valence-electron chi connectivity index (χ0n) is 18.8. The Morgan fingerprint density at radius 1 is 1.20 bits per heavy atom. The van der Waals surface area contributed by atoms with Crippen LogP contribution < -0.4 is 4.74 Å². The lowest BCUT2D eigenvalue weighted by Crippen LogP contribution is -2.75. The number of aliphatic hydroxyl groups excluding tert-OH is 1. The van der Waals surface area contributed by atoms with Crippen LogP contribution in [0, 0.1) is 5.92 Å². The molecule has 0 radical (unpaired) electrons. The van der Waals surface area contributed by atoms with Gasteiger partial charge < -0.3 is 24.8 Å². The lowest BCUT2D eigenvalue weighted by molar-refractivity contribution is -0.266. The van der Waals surface area contributed by atoms with E-state index in [0.717, 1.165) is 11.3 Å². The summed E-state index contributed by atoms with van der Waals surface area (Å²) in [5, 5.41) is 34.0. The third-order valence-corrected chi connectivity index (χ3v) is 6.95. The average Bonchev–Trinajstić information content (AvgIpc) is 2.68. The topological polar surface area (TPSA) is 82.4 Å².